The first kappa shape index (κ1) is 14.5. The van der Waals surface area contributed by atoms with E-state index in [1.165, 1.54) is 11.1 Å². The van der Waals surface area contributed by atoms with Crippen LogP contribution in [-0.4, -0.2) is 16.0 Å². The van der Waals surface area contributed by atoms with E-state index in [1.54, 1.807) is 11.8 Å². The number of nitrogens with two attached hydrogens (primary N) is 1. The van der Waals surface area contributed by atoms with Crippen LogP contribution < -0.4 is 5.73 Å². The second-order valence-corrected chi connectivity index (χ2v) is 5.75. The molecule has 0 atom stereocenters. The molecule has 0 amide bonds. The van der Waals surface area contributed by atoms with E-state index in [4.69, 9.17) is 11.1 Å². The molecule has 3 N–H and O–H groups in total. The monoisotopic (exact) mass is 286 g/mol. The summed E-state index contributed by atoms with van der Waals surface area (Å²) in [4.78, 5) is 0. The van der Waals surface area contributed by atoms with Crippen molar-refractivity contribution in [3.63, 3.8) is 0 Å². The van der Waals surface area contributed by atoms with E-state index in [0.717, 1.165) is 22.0 Å². The van der Waals surface area contributed by atoms with Crippen LogP contribution in [-0.2, 0) is 5.75 Å². The van der Waals surface area contributed by atoms with E-state index in [2.05, 4.69) is 35.3 Å². The molecular weight excluding hydrogens is 268 g/mol. The number of nitrogens with one attached hydrogen (secondary N) is 1. The molecule has 0 fully saturated rings. The van der Waals surface area contributed by atoms with Crippen molar-refractivity contribution in [3.05, 3.63) is 52.2 Å². The van der Waals surface area contributed by atoms with E-state index in [1.807, 2.05) is 19.9 Å². The van der Waals surface area contributed by atoms with Crippen molar-refractivity contribution >= 4 is 17.6 Å². The lowest BCUT2D eigenvalue weighted by Crippen LogP contribution is -2.16. The van der Waals surface area contributed by atoms with Crippen molar-refractivity contribution in [1.82, 2.24) is 10.2 Å². The van der Waals surface area contributed by atoms with Crippen molar-refractivity contribution in [3.8, 4) is 0 Å². The second-order valence-electron chi connectivity index (χ2n) is 4.78. The van der Waals surface area contributed by atoms with Gasteiger partial charge in [0, 0.05) is 5.75 Å². The van der Waals surface area contributed by atoms with E-state index < -0.39 is 0 Å². The van der Waals surface area contributed by atoms with Gasteiger partial charge < -0.3 is 5.73 Å². The number of rotatable bonds is 4. The fourth-order valence-corrected chi connectivity index (χ4v) is 2.95. The van der Waals surface area contributed by atoms with Gasteiger partial charge in [-0.3, -0.25) is 5.41 Å². The Balaban J connectivity index is 2.26. The standard InChI is InChI=1S/C15H18N4S/c1-9-5-4-6-12(7-9)8-20-15-13(14(16)17)10(2)11(3)18-19-15/h4-7H,8H2,1-3H3,(H3,16,17). The van der Waals surface area contributed by atoms with Gasteiger partial charge in [-0.1, -0.05) is 41.6 Å². The highest BCUT2D eigenvalue weighted by Gasteiger charge is 2.14. The molecule has 0 aliphatic heterocycles. The molecule has 1 heterocycles. The third kappa shape index (κ3) is 3.17. The average molecular weight is 286 g/mol. The molecular formula is C15H18N4S. The van der Waals surface area contributed by atoms with Gasteiger partial charge in [-0.2, -0.15) is 5.10 Å². The summed E-state index contributed by atoms with van der Waals surface area (Å²) in [5.74, 6) is 0.839. The molecule has 0 aliphatic rings. The summed E-state index contributed by atoms with van der Waals surface area (Å²) in [6.45, 7) is 5.88. The summed E-state index contributed by atoms with van der Waals surface area (Å²) in [6, 6.07) is 8.35. The van der Waals surface area contributed by atoms with Gasteiger partial charge in [0.15, 0.2) is 0 Å². The quantitative estimate of drug-likeness (QED) is 0.514. The number of aryl methyl sites for hydroxylation is 2. The number of thioether (sulfide) groups is 1. The predicted molar refractivity (Wildman–Crippen MR) is 83.3 cm³/mol. The first-order valence-corrected chi connectivity index (χ1v) is 7.34. The Hall–Kier alpha value is -1.88. The fourth-order valence-electron chi connectivity index (χ4n) is 1.96. The predicted octanol–water partition coefficient (Wildman–Crippen LogP) is 2.98. The van der Waals surface area contributed by atoms with E-state index in [0.29, 0.717) is 5.56 Å². The van der Waals surface area contributed by atoms with Crippen LogP contribution in [0.25, 0.3) is 0 Å². The van der Waals surface area contributed by atoms with Crippen molar-refractivity contribution in [2.45, 2.75) is 31.6 Å². The number of hydrogen-bond donors (Lipinski definition) is 2. The Morgan fingerprint density at radius 2 is 2.00 bits per heavy atom. The summed E-state index contributed by atoms with van der Waals surface area (Å²) in [5, 5.41) is 16.8. The smallest absolute Gasteiger partial charge is 0.130 e. The van der Waals surface area contributed by atoms with Crippen molar-refractivity contribution in [1.29, 1.82) is 5.41 Å². The molecule has 1 aromatic heterocycles. The molecule has 104 valence electrons. The van der Waals surface area contributed by atoms with Crippen LogP contribution in [0.5, 0.6) is 0 Å². The summed E-state index contributed by atoms with van der Waals surface area (Å²) in [5.41, 5.74) is 10.6. The Kier molecular flexibility index (Phi) is 4.39. The van der Waals surface area contributed by atoms with E-state index in [-0.39, 0.29) is 5.84 Å². The zero-order chi connectivity index (χ0) is 14.7. The molecule has 0 unspecified atom stereocenters. The van der Waals surface area contributed by atoms with Crippen molar-refractivity contribution < 1.29 is 0 Å². The van der Waals surface area contributed by atoms with Crippen LogP contribution in [0, 0.1) is 26.2 Å². The number of hydrogen-bond acceptors (Lipinski definition) is 4. The zero-order valence-electron chi connectivity index (χ0n) is 11.9. The SMILES string of the molecule is Cc1cccc(CSc2nnc(C)c(C)c2C(=N)N)c1. The Labute approximate surface area is 123 Å². The summed E-state index contributed by atoms with van der Waals surface area (Å²) in [6.07, 6.45) is 0. The van der Waals surface area contributed by atoms with Gasteiger partial charge in [0.2, 0.25) is 0 Å². The first-order valence-electron chi connectivity index (χ1n) is 6.35. The minimum atomic E-state index is 0.0484. The Bertz CT molecular complexity index is 652. The highest BCUT2D eigenvalue weighted by molar-refractivity contribution is 7.98. The molecule has 0 radical (unpaired) electrons. The van der Waals surface area contributed by atoms with Gasteiger partial charge in [0.05, 0.1) is 11.3 Å². The van der Waals surface area contributed by atoms with Crippen LogP contribution in [0.2, 0.25) is 0 Å². The molecule has 0 aliphatic carbocycles. The third-order valence-electron chi connectivity index (χ3n) is 3.15. The normalized spacial score (nSPS) is 10.6. The number of benzene rings is 1. The van der Waals surface area contributed by atoms with Gasteiger partial charge in [-0.25, -0.2) is 0 Å². The van der Waals surface area contributed by atoms with Crippen LogP contribution in [0.1, 0.15) is 27.9 Å². The number of nitrogen functional groups attached to an aromatic ring is 1. The number of aromatic nitrogens is 2. The van der Waals surface area contributed by atoms with Crippen molar-refractivity contribution in [2.24, 2.45) is 5.73 Å². The topological polar surface area (TPSA) is 75.7 Å². The van der Waals surface area contributed by atoms with Gasteiger partial charge in [-0.05, 0) is 31.9 Å². The highest BCUT2D eigenvalue weighted by atomic mass is 32.2. The van der Waals surface area contributed by atoms with Gasteiger partial charge in [0.1, 0.15) is 10.9 Å². The molecule has 4 nitrogen and oxygen atoms in total. The van der Waals surface area contributed by atoms with E-state index in [9.17, 15) is 0 Å². The maximum absolute atomic E-state index is 7.73. The van der Waals surface area contributed by atoms with Crippen LogP contribution in [0.4, 0.5) is 0 Å². The third-order valence-corrected chi connectivity index (χ3v) is 4.19. The largest absolute Gasteiger partial charge is 0.384 e. The molecule has 1 aromatic carbocycles. The number of nitrogens with zero attached hydrogens (tertiary/aromatic N) is 2. The summed E-state index contributed by atoms with van der Waals surface area (Å²) >= 11 is 1.57. The minimum Gasteiger partial charge on any atom is -0.384 e. The Morgan fingerprint density at radius 1 is 1.25 bits per heavy atom. The molecule has 5 heteroatoms. The molecule has 0 saturated carbocycles. The molecule has 20 heavy (non-hydrogen) atoms. The lowest BCUT2D eigenvalue weighted by atomic mass is 10.1. The summed E-state index contributed by atoms with van der Waals surface area (Å²) < 4.78 is 0. The second kappa shape index (κ2) is 6.05. The number of amidine groups is 1. The molecule has 0 bridgehead atoms. The van der Waals surface area contributed by atoms with E-state index >= 15 is 0 Å². The molecule has 0 spiro atoms. The highest BCUT2D eigenvalue weighted by Crippen LogP contribution is 2.26. The van der Waals surface area contributed by atoms with Gasteiger partial charge in [-0.15, -0.1) is 5.10 Å². The lowest BCUT2D eigenvalue weighted by Gasteiger charge is -2.11. The lowest BCUT2D eigenvalue weighted by molar-refractivity contribution is 0.872. The van der Waals surface area contributed by atoms with Gasteiger partial charge in [0.25, 0.3) is 0 Å². The summed E-state index contributed by atoms with van der Waals surface area (Å²) in [7, 11) is 0. The minimum absolute atomic E-state index is 0.0484. The Morgan fingerprint density at radius 3 is 2.65 bits per heavy atom. The zero-order valence-corrected chi connectivity index (χ0v) is 12.7. The molecule has 2 rings (SSSR count). The molecule has 0 saturated heterocycles. The van der Waals surface area contributed by atoms with Crippen molar-refractivity contribution in [2.75, 3.05) is 0 Å². The maximum Gasteiger partial charge on any atom is 0.130 e. The fraction of sp³-hybridized carbons (Fsp3) is 0.267. The van der Waals surface area contributed by atoms with Crippen LogP contribution in [0.15, 0.2) is 29.3 Å². The molecule has 2 aromatic rings. The van der Waals surface area contributed by atoms with Crippen LogP contribution >= 0.6 is 11.8 Å². The first-order chi connectivity index (χ1) is 9.49. The van der Waals surface area contributed by atoms with Crippen LogP contribution in [0.3, 0.4) is 0 Å². The van der Waals surface area contributed by atoms with Gasteiger partial charge >= 0.3 is 0 Å². The maximum atomic E-state index is 7.73. The average Bonchev–Trinajstić information content (AvgIpc) is 2.39.